The number of esters is 1. The van der Waals surface area contributed by atoms with Crippen LogP contribution in [0.1, 0.15) is 41.0 Å². The second kappa shape index (κ2) is 7.19. The molecule has 0 amide bonds. The van der Waals surface area contributed by atoms with E-state index in [9.17, 15) is 9.59 Å². The molecule has 112 valence electrons. The van der Waals surface area contributed by atoms with Gasteiger partial charge in [-0.1, -0.05) is 0 Å². The molecular formula is C12H21ClO6. The summed E-state index contributed by atoms with van der Waals surface area (Å²) in [6.45, 7) is 8.53. The standard InChI is InChI=1S/C12H21ClO6/c1-8(17-10(15)9(13)14)7-11(2,3)18-19-12(4,5)16-6/h8H,7H2,1-6H3. The Morgan fingerprint density at radius 2 is 1.68 bits per heavy atom. The van der Waals surface area contributed by atoms with Crippen LogP contribution in [-0.2, 0) is 28.8 Å². The average molecular weight is 297 g/mol. The lowest BCUT2D eigenvalue weighted by molar-refractivity contribution is -0.450. The van der Waals surface area contributed by atoms with Crippen LogP contribution in [-0.4, -0.2) is 35.8 Å². The Kier molecular flexibility index (Phi) is 6.93. The Bertz CT molecular complexity index is 326. The van der Waals surface area contributed by atoms with E-state index in [1.54, 1.807) is 34.6 Å². The lowest BCUT2D eigenvalue weighted by Gasteiger charge is -2.31. The van der Waals surface area contributed by atoms with Gasteiger partial charge in [-0.15, -0.1) is 0 Å². The summed E-state index contributed by atoms with van der Waals surface area (Å²) in [5.74, 6) is -1.97. The molecule has 7 heteroatoms. The minimum Gasteiger partial charge on any atom is -0.456 e. The van der Waals surface area contributed by atoms with Crippen molar-refractivity contribution >= 4 is 22.8 Å². The summed E-state index contributed by atoms with van der Waals surface area (Å²) >= 11 is 5.00. The van der Waals surface area contributed by atoms with Gasteiger partial charge in [-0.2, -0.15) is 0 Å². The average Bonchev–Trinajstić information content (AvgIpc) is 2.25. The number of hydrogen-bond donors (Lipinski definition) is 0. The van der Waals surface area contributed by atoms with Crippen molar-refractivity contribution in [2.75, 3.05) is 7.11 Å². The van der Waals surface area contributed by atoms with Crippen molar-refractivity contribution < 1.29 is 28.8 Å². The maximum absolute atomic E-state index is 11.0. The van der Waals surface area contributed by atoms with E-state index in [1.807, 2.05) is 0 Å². The van der Waals surface area contributed by atoms with Crippen molar-refractivity contribution in [2.24, 2.45) is 0 Å². The third kappa shape index (κ3) is 8.15. The first-order valence-electron chi connectivity index (χ1n) is 5.81. The molecule has 0 radical (unpaired) electrons. The molecule has 1 unspecified atom stereocenters. The van der Waals surface area contributed by atoms with Gasteiger partial charge < -0.3 is 9.47 Å². The molecule has 0 aromatic heterocycles. The van der Waals surface area contributed by atoms with Gasteiger partial charge in [-0.3, -0.25) is 4.79 Å². The van der Waals surface area contributed by atoms with Crippen LogP contribution in [0, 0.1) is 0 Å². The Morgan fingerprint density at radius 1 is 1.16 bits per heavy atom. The fourth-order valence-corrected chi connectivity index (χ4v) is 1.29. The summed E-state index contributed by atoms with van der Waals surface area (Å²) in [5, 5.41) is -1.15. The van der Waals surface area contributed by atoms with Gasteiger partial charge in [-0.05, 0) is 46.2 Å². The molecule has 0 aliphatic rings. The van der Waals surface area contributed by atoms with Crippen LogP contribution in [0.5, 0.6) is 0 Å². The van der Waals surface area contributed by atoms with Crippen molar-refractivity contribution in [1.82, 2.24) is 0 Å². The molecule has 1 atom stereocenters. The highest BCUT2D eigenvalue weighted by Crippen LogP contribution is 2.22. The smallest absolute Gasteiger partial charge is 0.391 e. The van der Waals surface area contributed by atoms with Crippen molar-refractivity contribution in [3.05, 3.63) is 0 Å². The quantitative estimate of drug-likeness (QED) is 0.171. The first kappa shape index (κ1) is 18.3. The van der Waals surface area contributed by atoms with E-state index in [1.165, 1.54) is 7.11 Å². The van der Waals surface area contributed by atoms with Crippen molar-refractivity contribution in [2.45, 2.75) is 58.5 Å². The van der Waals surface area contributed by atoms with Gasteiger partial charge in [0.2, 0.25) is 0 Å². The predicted octanol–water partition coefficient (Wildman–Crippen LogP) is 2.18. The van der Waals surface area contributed by atoms with Crippen LogP contribution in [0.4, 0.5) is 0 Å². The van der Waals surface area contributed by atoms with E-state index in [0.29, 0.717) is 6.42 Å². The fourth-order valence-electron chi connectivity index (χ4n) is 1.24. The van der Waals surface area contributed by atoms with Crippen LogP contribution in [0.2, 0.25) is 0 Å². The van der Waals surface area contributed by atoms with Gasteiger partial charge in [0, 0.05) is 13.5 Å². The van der Waals surface area contributed by atoms with Crippen molar-refractivity contribution in [3.63, 3.8) is 0 Å². The molecule has 0 aliphatic heterocycles. The number of carbonyl (C=O) groups is 2. The molecule has 0 aliphatic carbocycles. The molecule has 0 bridgehead atoms. The Labute approximate surface area is 118 Å². The molecule has 0 saturated heterocycles. The summed E-state index contributed by atoms with van der Waals surface area (Å²) in [6, 6.07) is 0. The van der Waals surface area contributed by atoms with E-state index in [-0.39, 0.29) is 0 Å². The van der Waals surface area contributed by atoms with Crippen LogP contribution < -0.4 is 0 Å². The minimum atomic E-state index is -1.15. The van der Waals surface area contributed by atoms with Gasteiger partial charge in [-0.25, -0.2) is 14.6 Å². The van der Waals surface area contributed by atoms with Crippen molar-refractivity contribution in [1.29, 1.82) is 0 Å². The Hall–Kier alpha value is -0.690. The molecule has 0 fully saturated rings. The number of methoxy groups -OCH3 is 1. The fraction of sp³-hybridized carbons (Fsp3) is 0.833. The number of halogens is 1. The summed E-state index contributed by atoms with van der Waals surface area (Å²) in [6.07, 6.45) is -0.220. The molecule has 0 aromatic rings. The first-order valence-corrected chi connectivity index (χ1v) is 6.19. The number of hydrogen-bond acceptors (Lipinski definition) is 6. The Morgan fingerprint density at radius 3 is 2.11 bits per heavy atom. The highest BCUT2D eigenvalue weighted by atomic mass is 35.5. The van der Waals surface area contributed by atoms with Crippen LogP contribution in [0.15, 0.2) is 0 Å². The van der Waals surface area contributed by atoms with Gasteiger partial charge >= 0.3 is 11.2 Å². The second-order valence-electron chi connectivity index (χ2n) is 5.22. The van der Waals surface area contributed by atoms with Crippen LogP contribution >= 0.6 is 11.6 Å². The van der Waals surface area contributed by atoms with Crippen LogP contribution in [0.3, 0.4) is 0 Å². The predicted molar refractivity (Wildman–Crippen MR) is 68.4 cm³/mol. The van der Waals surface area contributed by atoms with Gasteiger partial charge in [0.05, 0.1) is 0 Å². The minimum absolute atomic E-state index is 0.322. The number of ether oxygens (including phenoxy) is 2. The van der Waals surface area contributed by atoms with Gasteiger partial charge in [0.25, 0.3) is 0 Å². The highest BCUT2D eigenvalue weighted by Gasteiger charge is 2.29. The van der Waals surface area contributed by atoms with E-state index in [2.05, 4.69) is 0 Å². The molecule has 0 rings (SSSR count). The lowest BCUT2D eigenvalue weighted by atomic mass is 10.0. The molecule has 6 nitrogen and oxygen atoms in total. The largest absolute Gasteiger partial charge is 0.456 e. The SMILES string of the molecule is COC(C)(C)OOC(C)(C)CC(C)OC(=O)C(=O)Cl. The topological polar surface area (TPSA) is 71.1 Å². The molecule has 0 N–H and O–H groups in total. The zero-order valence-corrected chi connectivity index (χ0v) is 12.9. The lowest BCUT2D eigenvalue weighted by Crippen LogP contribution is -2.36. The molecule has 0 spiro atoms. The highest BCUT2D eigenvalue weighted by molar-refractivity contribution is 6.80. The molecule has 19 heavy (non-hydrogen) atoms. The monoisotopic (exact) mass is 296 g/mol. The van der Waals surface area contributed by atoms with Crippen LogP contribution in [0.25, 0.3) is 0 Å². The Balaban J connectivity index is 4.28. The maximum Gasteiger partial charge on any atom is 0.391 e. The van der Waals surface area contributed by atoms with Gasteiger partial charge in [0.1, 0.15) is 11.7 Å². The van der Waals surface area contributed by atoms with E-state index in [0.717, 1.165) is 0 Å². The second-order valence-corrected chi connectivity index (χ2v) is 5.57. The van der Waals surface area contributed by atoms with E-state index >= 15 is 0 Å². The normalized spacial score (nSPS) is 14.1. The van der Waals surface area contributed by atoms with Crippen molar-refractivity contribution in [3.8, 4) is 0 Å². The summed E-state index contributed by atoms with van der Waals surface area (Å²) in [5.41, 5.74) is -0.731. The van der Waals surface area contributed by atoms with E-state index < -0.39 is 28.7 Å². The zero-order valence-electron chi connectivity index (χ0n) is 12.1. The summed E-state index contributed by atoms with van der Waals surface area (Å²) in [4.78, 5) is 32.0. The number of carbonyl (C=O) groups excluding carboxylic acids is 2. The van der Waals surface area contributed by atoms with E-state index in [4.69, 9.17) is 30.8 Å². The maximum atomic E-state index is 11.0. The first-order chi connectivity index (χ1) is 8.49. The zero-order chi connectivity index (χ0) is 15.3. The molecule has 0 aromatic carbocycles. The molecule has 0 saturated carbocycles. The molecule has 0 heterocycles. The number of rotatable bonds is 8. The third-order valence-electron chi connectivity index (χ3n) is 2.21. The summed E-state index contributed by atoms with van der Waals surface area (Å²) < 4.78 is 9.86. The molecular weight excluding hydrogens is 276 g/mol. The van der Waals surface area contributed by atoms with Gasteiger partial charge in [0.15, 0.2) is 5.79 Å². The third-order valence-corrected chi connectivity index (χ3v) is 2.36. The summed E-state index contributed by atoms with van der Waals surface area (Å²) in [7, 11) is 1.49.